The van der Waals surface area contributed by atoms with Crippen molar-refractivity contribution in [2.45, 2.75) is 24.8 Å². The monoisotopic (exact) mass is 250 g/mol. The number of nitrogens with zero attached hydrogens (tertiary/aromatic N) is 1. The molecule has 90 valence electrons. The van der Waals surface area contributed by atoms with Crippen LogP contribution < -0.4 is 5.32 Å². The predicted octanol–water partition coefficient (Wildman–Crippen LogP) is 3.21. The van der Waals surface area contributed by atoms with E-state index >= 15 is 0 Å². The van der Waals surface area contributed by atoms with Gasteiger partial charge in [0.15, 0.2) is 0 Å². The van der Waals surface area contributed by atoms with Crippen LogP contribution in [0.1, 0.15) is 19.3 Å². The predicted molar refractivity (Wildman–Crippen MR) is 68.1 cm³/mol. The molecule has 1 atom stereocenters. The van der Waals surface area contributed by atoms with Gasteiger partial charge in [-0.1, -0.05) is 17.7 Å². The van der Waals surface area contributed by atoms with Gasteiger partial charge in [-0.25, -0.2) is 0 Å². The lowest BCUT2D eigenvalue weighted by molar-refractivity contribution is 0.142. The Morgan fingerprint density at radius 3 is 3.00 bits per heavy atom. The number of benzene rings is 1. The standard InChI is InChI=1S/C13H15ClN2O/c14-11-3-1-4-12(9-11)16-13(10-15)5-2-7-17-8-6-13/h1,3-4,9,16H,2,5-8H2. The molecule has 1 saturated heterocycles. The lowest BCUT2D eigenvalue weighted by Crippen LogP contribution is -2.36. The Labute approximate surface area is 106 Å². The third-order valence-electron chi connectivity index (χ3n) is 2.99. The molecule has 1 aromatic rings. The number of rotatable bonds is 2. The van der Waals surface area contributed by atoms with Gasteiger partial charge in [0.1, 0.15) is 5.54 Å². The van der Waals surface area contributed by atoms with Crippen LogP contribution in [-0.2, 0) is 4.74 Å². The minimum Gasteiger partial charge on any atom is -0.381 e. The third kappa shape index (κ3) is 3.12. The molecule has 4 heteroatoms. The topological polar surface area (TPSA) is 45.0 Å². The van der Waals surface area contributed by atoms with Crippen molar-refractivity contribution in [1.82, 2.24) is 0 Å². The molecule has 3 nitrogen and oxygen atoms in total. The number of ether oxygens (including phenoxy) is 1. The fourth-order valence-electron chi connectivity index (χ4n) is 2.06. The maximum atomic E-state index is 9.40. The maximum Gasteiger partial charge on any atom is 0.127 e. The first-order valence-corrected chi connectivity index (χ1v) is 6.15. The maximum absolute atomic E-state index is 9.40. The molecule has 0 aromatic heterocycles. The van der Waals surface area contributed by atoms with Gasteiger partial charge in [0, 0.05) is 30.3 Å². The van der Waals surface area contributed by atoms with Crippen molar-refractivity contribution >= 4 is 17.3 Å². The molecule has 0 aliphatic carbocycles. The van der Waals surface area contributed by atoms with Gasteiger partial charge in [-0.3, -0.25) is 0 Å². The fourth-order valence-corrected chi connectivity index (χ4v) is 2.25. The third-order valence-corrected chi connectivity index (χ3v) is 3.22. The van der Waals surface area contributed by atoms with Crippen LogP contribution in [0.2, 0.25) is 5.02 Å². The summed E-state index contributed by atoms with van der Waals surface area (Å²) in [6.07, 6.45) is 2.41. The first-order chi connectivity index (χ1) is 8.24. The summed E-state index contributed by atoms with van der Waals surface area (Å²) < 4.78 is 5.40. The lowest BCUT2D eigenvalue weighted by atomic mass is 9.92. The van der Waals surface area contributed by atoms with Crippen LogP contribution in [0.25, 0.3) is 0 Å². The van der Waals surface area contributed by atoms with Crippen LogP contribution >= 0.6 is 11.6 Å². The van der Waals surface area contributed by atoms with E-state index in [1.165, 1.54) is 0 Å². The molecule has 1 N–H and O–H groups in total. The number of hydrogen-bond acceptors (Lipinski definition) is 3. The van der Waals surface area contributed by atoms with E-state index in [-0.39, 0.29) is 0 Å². The van der Waals surface area contributed by atoms with E-state index in [1.807, 2.05) is 24.3 Å². The molecule has 0 radical (unpaired) electrons. The van der Waals surface area contributed by atoms with E-state index < -0.39 is 5.54 Å². The first kappa shape index (κ1) is 12.2. The highest BCUT2D eigenvalue weighted by Crippen LogP contribution is 2.27. The van der Waals surface area contributed by atoms with Gasteiger partial charge in [-0.05, 0) is 31.0 Å². The average Bonchev–Trinajstić information content (AvgIpc) is 2.55. The van der Waals surface area contributed by atoms with Gasteiger partial charge < -0.3 is 10.1 Å². The average molecular weight is 251 g/mol. The van der Waals surface area contributed by atoms with Crippen LogP contribution in [0.4, 0.5) is 5.69 Å². The number of nitriles is 1. The molecule has 0 bridgehead atoms. The summed E-state index contributed by atoms with van der Waals surface area (Å²) in [4.78, 5) is 0. The van der Waals surface area contributed by atoms with Crippen molar-refractivity contribution in [2.24, 2.45) is 0 Å². The molecule has 1 unspecified atom stereocenters. The van der Waals surface area contributed by atoms with Gasteiger partial charge in [0.2, 0.25) is 0 Å². The van der Waals surface area contributed by atoms with E-state index in [2.05, 4.69) is 11.4 Å². The summed E-state index contributed by atoms with van der Waals surface area (Å²) in [7, 11) is 0. The number of hydrogen-bond donors (Lipinski definition) is 1. The molecule has 0 spiro atoms. The van der Waals surface area contributed by atoms with E-state index in [0.717, 1.165) is 25.1 Å². The normalized spacial score (nSPS) is 24.7. The summed E-state index contributed by atoms with van der Waals surface area (Å²) in [6.45, 7) is 1.36. The van der Waals surface area contributed by atoms with Crippen LogP contribution in [0.3, 0.4) is 0 Å². The van der Waals surface area contributed by atoms with Crippen molar-refractivity contribution in [3.8, 4) is 6.07 Å². The molecule has 1 aromatic carbocycles. The molecule has 1 aliphatic heterocycles. The van der Waals surface area contributed by atoms with Gasteiger partial charge in [-0.2, -0.15) is 5.26 Å². The van der Waals surface area contributed by atoms with Crippen LogP contribution in [0.15, 0.2) is 24.3 Å². The van der Waals surface area contributed by atoms with Crippen LogP contribution in [0.5, 0.6) is 0 Å². The zero-order valence-electron chi connectivity index (χ0n) is 9.58. The minimum absolute atomic E-state index is 0.527. The minimum atomic E-state index is -0.527. The van der Waals surface area contributed by atoms with Crippen LogP contribution in [-0.4, -0.2) is 18.8 Å². The second kappa shape index (κ2) is 5.39. The Kier molecular flexibility index (Phi) is 3.88. The highest BCUT2D eigenvalue weighted by atomic mass is 35.5. The Hall–Kier alpha value is -1.24. The SMILES string of the molecule is N#CC1(Nc2cccc(Cl)c2)CCCOCC1. The van der Waals surface area contributed by atoms with Crippen molar-refractivity contribution in [1.29, 1.82) is 5.26 Å². The summed E-state index contributed by atoms with van der Waals surface area (Å²) in [6, 6.07) is 9.86. The number of halogens is 1. The zero-order valence-corrected chi connectivity index (χ0v) is 10.3. The molecule has 0 saturated carbocycles. The molecule has 1 aliphatic rings. The number of anilines is 1. The fraction of sp³-hybridized carbons (Fsp3) is 0.462. The Balaban J connectivity index is 2.16. The van der Waals surface area contributed by atoms with Crippen molar-refractivity contribution in [3.05, 3.63) is 29.3 Å². The van der Waals surface area contributed by atoms with Crippen molar-refractivity contribution < 1.29 is 4.74 Å². The highest BCUT2D eigenvalue weighted by Gasteiger charge is 2.31. The molecule has 1 heterocycles. The zero-order chi connectivity index (χ0) is 12.1. The Bertz CT molecular complexity index is 420. The van der Waals surface area contributed by atoms with E-state index in [1.54, 1.807) is 0 Å². The van der Waals surface area contributed by atoms with Crippen molar-refractivity contribution in [2.75, 3.05) is 18.5 Å². The highest BCUT2D eigenvalue weighted by molar-refractivity contribution is 6.30. The van der Waals surface area contributed by atoms with Gasteiger partial charge in [0.05, 0.1) is 6.07 Å². The van der Waals surface area contributed by atoms with Gasteiger partial charge >= 0.3 is 0 Å². The van der Waals surface area contributed by atoms with E-state index in [0.29, 0.717) is 18.1 Å². The Morgan fingerprint density at radius 1 is 1.35 bits per heavy atom. The lowest BCUT2D eigenvalue weighted by Gasteiger charge is -2.27. The molecular weight excluding hydrogens is 236 g/mol. The first-order valence-electron chi connectivity index (χ1n) is 5.77. The summed E-state index contributed by atoms with van der Waals surface area (Å²) >= 11 is 5.94. The van der Waals surface area contributed by atoms with E-state index in [9.17, 15) is 5.26 Å². The van der Waals surface area contributed by atoms with Crippen molar-refractivity contribution in [3.63, 3.8) is 0 Å². The van der Waals surface area contributed by atoms with Gasteiger partial charge in [0.25, 0.3) is 0 Å². The molecule has 0 amide bonds. The Morgan fingerprint density at radius 2 is 2.24 bits per heavy atom. The largest absolute Gasteiger partial charge is 0.381 e. The molecule has 17 heavy (non-hydrogen) atoms. The quantitative estimate of drug-likeness (QED) is 0.877. The summed E-state index contributed by atoms with van der Waals surface area (Å²) in [5.74, 6) is 0. The van der Waals surface area contributed by atoms with E-state index in [4.69, 9.17) is 16.3 Å². The number of nitrogens with one attached hydrogen (secondary N) is 1. The molecular formula is C13H15ClN2O. The summed E-state index contributed by atoms with van der Waals surface area (Å²) in [5, 5.41) is 13.4. The molecule has 1 fully saturated rings. The van der Waals surface area contributed by atoms with Crippen LogP contribution in [0, 0.1) is 11.3 Å². The van der Waals surface area contributed by atoms with Gasteiger partial charge in [-0.15, -0.1) is 0 Å². The second-order valence-corrected chi connectivity index (χ2v) is 4.73. The molecule has 2 rings (SSSR count). The second-order valence-electron chi connectivity index (χ2n) is 4.30. The summed E-state index contributed by atoms with van der Waals surface area (Å²) in [5.41, 5.74) is 0.363. The smallest absolute Gasteiger partial charge is 0.127 e.